The molecule has 0 saturated carbocycles. The van der Waals surface area contributed by atoms with Crippen LogP contribution in [0.15, 0.2) is 30.3 Å². The van der Waals surface area contributed by atoms with Crippen LogP contribution in [0.25, 0.3) is 0 Å². The molecule has 2 rings (SSSR count). The largest absolute Gasteiger partial charge is 0.0680 e. The van der Waals surface area contributed by atoms with Crippen LogP contribution in [0.3, 0.4) is 0 Å². The third-order valence-electron chi connectivity index (χ3n) is 3.94. The summed E-state index contributed by atoms with van der Waals surface area (Å²) in [6, 6.07) is 15.4. The summed E-state index contributed by atoms with van der Waals surface area (Å²) in [5.74, 6) is 0. The molecule has 1 aromatic rings. The lowest BCUT2D eigenvalue weighted by Crippen LogP contribution is -2.13. The van der Waals surface area contributed by atoms with Gasteiger partial charge in [-0.2, -0.15) is 0 Å². The van der Waals surface area contributed by atoms with E-state index < -0.39 is 0 Å². The average molecular weight is 263 g/mol. The van der Waals surface area contributed by atoms with Crippen molar-refractivity contribution in [3.8, 4) is 0 Å². The van der Waals surface area contributed by atoms with Gasteiger partial charge in [-0.25, -0.2) is 0 Å². The molecule has 18 heavy (non-hydrogen) atoms. The molecular weight excluding hydrogens is 232 g/mol. The fourth-order valence-corrected chi connectivity index (χ4v) is 5.37. The van der Waals surface area contributed by atoms with Gasteiger partial charge in [-0.15, -0.1) is 0 Å². The molecule has 1 heterocycles. The highest BCUT2D eigenvalue weighted by Gasteiger charge is 2.11. The molecule has 0 radical (unpaired) electrons. The summed E-state index contributed by atoms with van der Waals surface area (Å²) in [6.45, 7) is 9.05. The average Bonchev–Trinajstić information content (AvgIpc) is 2.40. The van der Waals surface area contributed by atoms with E-state index in [0.717, 1.165) is 0 Å². The minimum absolute atomic E-state index is 0.105. The number of hydrogen-bond acceptors (Lipinski definition) is 0. The van der Waals surface area contributed by atoms with Crippen LogP contribution in [0.4, 0.5) is 0 Å². The first-order valence-electron chi connectivity index (χ1n) is 7.59. The number of benzene rings is 1. The lowest BCUT2D eigenvalue weighted by atomic mass is 9.87. The molecule has 1 saturated heterocycles. The van der Waals surface area contributed by atoms with E-state index in [9.17, 15) is 0 Å². The molecular formula is C17H30Si. The van der Waals surface area contributed by atoms with Crippen LogP contribution in [0.2, 0.25) is 18.1 Å². The molecule has 1 aliphatic rings. The summed E-state index contributed by atoms with van der Waals surface area (Å²) in [4.78, 5) is 0. The topological polar surface area (TPSA) is 0 Å². The summed E-state index contributed by atoms with van der Waals surface area (Å²) >= 11 is 0. The van der Waals surface area contributed by atoms with E-state index in [1.54, 1.807) is 31.0 Å². The normalized spacial score (nSPS) is 16.9. The van der Waals surface area contributed by atoms with E-state index in [0.29, 0.717) is 5.41 Å². The van der Waals surface area contributed by atoms with E-state index in [1.165, 1.54) is 12.0 Å². The molecule has 0 bridgehead atoms. The fraction of sp³-hybridized carbons (Fsp3) is 0.647. The van der Waals surface area contributed by atoms with Crippen LogP contribution in [0, 0.1) is 0 Å². The Hall–Kier alpha value is -0.563. The van der Waals surface area contributed by atoms with Crippen molar-refractivity contribution in [2.75, 3.05) is 0 Å². The first-order valence-corrected chi connectivity index (χ1v) is 10.0. The molecule has 1 heteroatoms. The molecule has 0 atom stereocenters. The Labute approximate surface area is 115 Å². The van der Waals surface area contributed by atoms with Gasteiger partial charge in [-0.1, -0.05) is 95.4 Å². The van der Waals surface area contributed by atoms with Crippen molar-refractivity contribution in [3.05, 3.63) is 35.9 Å². The Morgan fingerprint density at radius 1 is 0.944 bits per heavy atom. The van der Waals surface area contributed by atoms with Crippen molar-refractivity contribution in [2.45, 2.75) is 70.5 Å². The highest BCUT2D eigenvalue weighted by molar-refractivity contribution is 6.58. The second kappa shape index (κ2) is 7.78. The van der Waals surface area contributed by atoms with Crippen LogP contribution in [-0.4, -0.2) is 8.80 Å². The second-order valence-corrected chi connectivity index (χ2v) is 10.2. The van der Waals surface area contributed by atoms with Gasteiger partial charge in [-0.05, 0) is 11.0 Å². The fourth-order valence-electron chi connectivity index (χ4n) is 2.53. The van der Waals surface area contributed by atoms with E-state index in [2.05, 4.69) is 58.0 Å². The van der Waals surface area contributed by atoms with Gasteiger partial charge < -0.3 is 0 Å². The monoisotopic (exact) mass is 262 g/mol. The third-order valence-corrected chi connectivity index (χ3v) is 7.55. The third kappa shape index (κ3) is 5.86. The van der Waals surface area contributed by atoms with Gasteiger partial charge in [0.05, 0.1) is 0 Å². The van der Waals surface area contributed by atoms with Gasteiger partial charge in [-0.3, -0.25) is 0 Å². The minimum Gasteiger partial charge on any atom is -0.0680 e. The van der Waals surface area contributed by atoms with Crippen LogP contribution in [0.1, 0.15) is 52.5 Å². The highest BCUT2D eigenvalue weighted by Crippen LogP contribution is 2.21. The summed E-state index contributed by atoms with van der Waals surface area (Å²) in [6.07, 6.45) is 4.65. The van der Waals surface area contributed by atoms with Crippen LogP contribution < -0.4 is 0 Å². The molecule has 0 aromatic heterocycles. The summed E-state index contributed by atoms with van der Waals surface area (Å²) in [5.41, 5.74) is 1.69. The smallest absolute Gasteiger partial charge is 0.0365 e. The first kappa shape index (κ1) is 15.5. The molecule has 0 aliphatic carbocycles. The number of rotatable bonds is 1. The minimum atomic E-state index is -0.105. The molecule has 1 aliphatic heterocycles. The second-order valence-electron chi connectivity index (χ2n) is 6.53. The van der Waals surface area contributed by atoms with Gasteiger partial charge >= 0.3 is 0 Å². The van der Waals surface area contributed by atoms with E-state index >= 15 is 0 Å². The maximum absolute atomic E-state index is 2.38. The van der Waals surface area contributed by atoms with Crippen LogP contribution in [0.5, 0.6) is 0 Å². The molecule has 0 spiro atoms. The quantitative estimate of drug-likeness (QED) is 0.594. The maximum Gasteiger partial charge on any atom is 0.0365 e. The van der Waals surface area contributed by atoms with E-state index in [1.807, 2.05) is 0 Å². The first-order chi connectivity index (χ1) is 8.54. The lowest BCUT2D eigenvalue weighted by Gasteiger charge is -2.18. The van der Waals surface area contributed by atoms with Gasteiger partial charge in [0.1, 0.15) is 0 Å². The zero-order valence-corrected chi connectivity index (χ0v) is 13.9. The molecule has 0 unspecified atom stereocenters. The summed E-state index contributed by atoms with van der Waals surface area (Å²) < 4.78 is 0. The van der Waals surface area contributed by atoms with Crippen molar-refractivity contribution < 1.29 is 0 Å². The van der Waals surface area contributed by atoms with Crippen molar-refractivity contribution in [1.29, 1.82) is 0 Å². The van der Waals surface area contributed by atoms with Gasteiger partial charge in [0.25, 0.3) is 0 Å². The predicted molar refractivity (Wildman–Crippen MR) is 86.2 cm³/mol. The van der Waals surface area contributed by atoms with Crippen LogP contribution in [-0.2, 0) is 5.41 Å². The van der Waals surface area contributed by atoms with Gasteiger partial charge in [0.2, 0.25) is 0 Å². The maximum atomic E-state index is 2.38. The highest BCUT2D eigenvalue weighted by atomic mass is 28.3. The van der Waals surface area contributed by atoms with Crippen molar-refractivity contribution in [2.24, 2.45) is 0 Å². The Kier molecular flexibility index (Phi) is 6.70. The lowest BCUT2D eigenvalue weighted by molar-refractivity contribution is 0.590. The van der Waals surface area contributed by atoms with E-state index in [-0.39, 0.29) is 8.80 Å². The van der Waals surface area contributed by atoms with Gasteiger partial charge in [0, 0.05) is 8.80 Å². The molecule has 102 valence electrons. The Balaban J connectivity index is 0.000000184. The SMILES string of the molecule is CC(C)(C)c1ccccc1.CC[SiH]1CCCCC1. The Bertz CT molecular complexity index is 304. The van der Waals surface area contributed by atoms with Crippen molar-refractivity contribution in [3.63, 3.8) is 0 Å². The van der Waals surface area contributed by atoms with Gasteiger partial charge in [0.15, 0.2) is 0 Å². The zero-order chi connectivity index (χ0) is 13.4. The zero-order valence-electron chi connectivity index (χ0n) is 12.7. The Morgan fingerprint density at radius 3 is 1.83 bits per heavy atom. The standard InChI is InChI=1S/C10H14.C7H16Si/c1-10(2,3)9-7-5-4-6-8-9;1-2-8-6-4-3-5-7-8/h4-8H,1-3H3;8H,2-7H2,1H3. The Morgan fingerprint density at radius 2 is 1.50 bits per heavy atom. The van der Waals surface area contributed by atoms with Crippen molar-refractivity contribution in [1.82, 2.24) is 0 Å². The molecule has 0 nitrogen and oxygen atoms in total. The molecule has 1 fully saturated rings. The molecule has 0 amide bonds. The predicted octanol–water partition coefficient (Wildman–Crippen LogP) is 5.40. The number of hydrogen-bond donors (Lipinski definition) is 0. The summed E-state index contributed by atoms with van der Waals surface area (Å²) in [5, 5.41) is 0. The molecule has 0 N–H and O–H groups in total. The van der Waals surface area contributed by atoms with Crippen LogP contribution >= 0.6 is 0 Å². The van der Waals surface area contributed by atoms with Crippen molar-refractivity contribution >= 4 is 8.80 Å². The summed E-state index contributed by atoms with van der Waals surface area (Å²) in [7, 11) is -0.105. The van der Waals surface area contributed by atoms with E-state index in [4.69, 9.17) is 0 Å². The molecule has 1 aromatic carbocycles.